The molecule has 1 N–H and O–H groups in total. The van der Waals surface area contributed by atoms with Gasteiger partial charge in [-0.1, -0.05) is 29.3 Å². The summed E-state index contributed by atoms with van der Waals surface area (Å²) >= 11 is 12.0. The van der Waals surface area contributed by atoms with Gasteiger partial charge in [-0.05, 0) is 44.6 Å². The first-order chi connectivity index (χ1) is 9.45. The van der Waals surface area contributed by atoms with Crippen molar-refractivity contribution >= 4 is 23.2 Å². The predicted octanol–water partition coefficient (Wildman–Crippen LogP) is 2.53. The van der Waals surface area contributed by atoms with E-state index in [0.29, 0.717) is 22.5 Å². The van der Waals surface area contributed by atoms with Crippen molar-refractivity contribution in [2.75, 3.05) is 33.7 Å². The van der Waals surface area contributed by atoms with Crippen molar-refractivity contribution < 1.29 is 5.11 Å². The summed E-state index contributed by atoms with van der Waals surface area (Å²) < 4.78 is 0. The minimum atomic E-state index is -0.382. The van der Waals surface area contributed by atoms with Crippen LogP contribution in [-0.4, -0.2) is 60.8 Å². The number of piperazine rings is 1. The van der Waals surface area contributed by atoms with Crippen LogP contribution in [0.4, 0.5) is 0 Å². The third-order valence-electron chi connectivity index (χ3n) is 3.99. The third-order valence-corrected chi connectivity index (χ3v) is 4.58. The lowest BCUT2D eigenvalue weighted by Gasteiger charge is -2.38. The van der Waals surface area contributed by atoms with Crippen LogP contribution in [0.15, 0.2) is 18.2 Å². The molecule has 2 unspecified atom stereocenters. The first kappa shape index (κ1) is 16.1. The van der Waals surface area contributed by atoms with E-state index < -0.39 is 0 Å². The standard InChI is InChI=1S/C15H22Cl2N2O/c1-18-5-6-19(2)13(10-18)9-14(20)7-11-3-4-12(16)8-15(11)17/h3-4,8,13-14,20H,5-7,9-10H2,1-2H3. The van der Waals surface area contributed by atoms with E-state index in [1.54, 1.807) is 6.07 Å². The number of benzene rings is 1. The molecule has 1 aromatic rings. The summed E-state index contributed by atoms with van der Waals surface area (Å²) in [5.41, 5.74) is 0.954. The highest BCUT2D eigenvalue weighted by molar-refractivity contribution is 6.35. The largest absolute Gasteiger partial charge is 0.393 e. The summed E-state index contributed by atoms with van der Waals surface area (Å²) in [5.74, 6) is 0. The summed E-state index contributed by atoms with van der Waals surface area (Å²) in [6.45, 7) is 3.14. The minimum Gasteiger partial charge on any atom is -0.393 e. The van der Waals surface area contributed by atoms with Gasteiger partial charge in [0.05, 0.1) is 6.10 Å². The number of hydrogen-bond donors (Lipinski definition) is 1. The Bertz CT molecular complexity index is 455. The highest BCUT2D eigenvalue weighted by atomic mass is 35.5. The SMILES string of the molecule is CN1CCN(C)C(CC(O)Cc2ccc(Cl)cc2Cl)C1. The lowest BCUT2D eigenvalue weighted by Crippen LogP contribution is -2.51. The molecule has 5 heteroatoms. The molecule has 2 atom stereocenters. The van der Waals surface area contributed by atoms with Gasteiger partial charge in [-0.3, -0.25) is 0 Å². The Hall–Kier alpha value is -0.320. The van der Waals surface area contributed by atoms with Crippen LogP contribution >= 0.6 is 23.2 Å². The van der Waals surface area contributed by atoms with Gasteiger partial charge in [-0.15, -0.1) is 0 Å². The Labute approximate surface area is 131 Å². The van der Waals surface area contributed by atoms with Crippen molar-refractivity contribution in [3.05, 3.63) is 33.8 Å². The Morgan fingerprint density at radius 3 is 2.75 bits per heavy atom. The molecular weight excluding hydrogens is 295 g/mol. The fourth-order valence-electron chi connectivity index (χ4n) is 2.69. The van der Waals surface area contributed by atoms with Crippen LogP contribution in [0.25, 0.3) is 0 Å². The molecule has 0 aliphatic carbocycles. The number of hydrogen-bond acceptors (Lipinski definition) is 3. The van der Waals surface area contributed by atoms with Crippen molar-refractivity contribution in [1.29, 1.82) is 0 Å². The van der Waals surface area contributed by atoms with E-state index in [0.717, 1.165) is 31.6 Å². The molecule has 0 bridgehead atoms. The molecule has 2 rings (SSSR count). The molecule has 1 fully saturated rings. The van der Waals surface area contributed by atoms with Crippen LogP contribution in [0.1, 0.15) is 12.0 Å². The maximum Gasteiger partial charge on any atom is 0.0596 e. The molecule has 1 saturated heterocycles. The van der Waals surface area contributed by atoms with E-state index in [1.165, 1.54) is 0 Å². The Kier molecular flexibility index (Phi) is 5.70. The van der Waals surface area contributed by atoms with Crippen molar-refractivity contribution in [2.24, 2.45) is 0 Å². The lowest BCUT2D eigenvalue weighted by atomic mass is 9.99. The quantitative estimate of drug-likeness (QED) is 0.924. The van der Waals surface area contributed by atoms with Gasteiger partial charge in [0.25, 0.3) is 0 Å². The topological polar surface area (TPSA) is 26.7 Å². The van der Waals surface area contributed by atoms with E-state index in [2.05, 4.69) is 23.9 Å². The van der Waals surface area contributed by atoms with Crippen LogP contribution in [0, 0.1) is 0 Å². The van der Waals surface area contributed by atoms with Gasteiger partial charge in [0.1, 0.15) is 0 Å². The molecule has 1 heterocycles. The zero-order valence-corrected chi connectivity index (χ0v) is 13.5. The highest BCUT2D eigenvalue weighted by Gasteiger charge is 2.24. The van der Waals surface area contributed by atoms with Gasteiger partial charge >= 0.3 is 0 Å². The number of halogens is 2. The normalized spacial score (nSPS) is 22.9. The van der Waals surface area contributed by atoms with Crippen LogP contribution in [0.2, 0.25) is 10.0 Å². The molecule has 3 nitrogen and oxygen atoms in total. The number of aliphatic hydroxyl groups is 1. The highest BCUT2D eigenvalue weighted by Crippen LogP contribution is 2.23. The van der Waals surface area contributed by atoms with Crippen LogP contribution in [0.5, 0.6) is 0 Å². The van der Waals surface area contributed by atoms with Gasteiger partial charge in [0, 0.05) is 35.7 Å². The van der Waals surface area contributed by atoms with Crippen LogP contribution in [0.3, 0.4) is 0 Å². The Morgan fingerprint density at radius 1 is 1.30 bits per heavy atom. The average molecular weight is 317 g/mol. The molecule has 1 aliphatic heterocycles. The molecular formula is C15H22Cl2N2O. The van der Waals surface area contributed by atoms with Crippen molar-refractivity contribution in [1.82, 2.24) is 9.80 Å². The van der Waals surface area contributed by atoms with Crippen LogP contribution < -0.4 is 0 Å². The van der Waals surface area contributed by atoms with Gasteiger partial charge in [-0.2, -0.15) is 0 Å². The number of nitrogens with zero attached hydrogens (tertiary/aromatic N) is 2. The average Bonchev–Trinajstić information content (AvgIpc) is 2.37. The van der Waals surface area contributed by atoms with Gasteiger partial charge in [0.15, 0.2) is 0 Å². The zero-order chi connectivity index (χ0) is 14.7. The van der Waals surface area contributed by atoms with Crippen molar-refractivity contribution in [2.45, 2.75) is 25.0 Å². The summed E-state index contributed by atoms with van der Waals surface area (Å²) in [4.78, 5) is 4.64. The summed E-state index contributed by atoms with van der Waals surface area (Å²) in [6.07, 6.45) is 0.955. The zero-order valence-electron chi connectivity index (χ0n) is 12.0. The first-order valence-electron chi connectivity index (χ1n) is 6.96. The van der Waals surface area contributed by atoms with Crippen molar-refractivity contribution in [3.63, 3.8) is 0 Å². The first-order valence-corrected chi connectivity index (χ1v) is 7.72. The second-order valence-electron chi connectivity index (χ2n) is 5.73. The molecule has 1 aliphatic rings. The van der Waals surface area contributed by atoms with E-state index in [9.17, 15) is 5.11 Å². The smallest absolute Gasteiger partial charge is 0.0596 e. The molecule has 1 aromatic carbocycles. The molecule has 0 amide bonds. The van der Waals surface area contributed by atoms with Gasteiger partial charge in [0.2, 0.25) is 0 Å². The van der Waals surface area contributed by atoms with E-state index in [-0.39, 0.29) is 6.10 Å². The number of aliphatic hydroxyl groups excluding tert-OH is 1. The third kappa shape index (κ3) is 4.34. The van der Waals surface area contributed by atoms with E-state index in [4.69, 9.17) is 23.2 Å². The fourth-order valence-corrected chi connectivity index (χ4v) is 3.18. The van der Waals surface area contributed by atoms with Gasteiger partial charge in [-0.25, -0.2) is 0 Å². The number of likely N-dealkylation sites (N-methyl/N-ethyl adjacent to an activating group) is 2. The molecule has 20 heavy (non-hydrogen) atoms. The molecule has 0 radical (unpaired) electrons. The molecule has 0 saturated carbocycles. The number of rotatable bonds is 4. The molecule has 0 aromatic heterocycles. The monoisotopic (exact) mass is 316 g/mol. The maximum atomic E-state index is 10.3. The predicted molar refractivity (Wildman–Crippen MR) is 84.7 cm³/mol. The fraction of sp³-hybridized carbons (Fsp3) is 0.600. The van der Waals surface area contributed by atoms with E-state index in [1.807, 2.05) is 12.1 Å². The maximum absolute atomic E-state index is 10.3. The summed E-state index contributed by atoms with van der Waals surface area (Å²) in [7, 11) is 4.25. The molecule has 112 valence electrons. The summed E-state index contributed by atoms with van der Waals surface area (Å²) in [5, 5.41) is 11.6. The lowest BCUT2D eigenvalue weighted by molar-refractivity contribution is 0.0639. The Morgan fingerprint density at radius 2 is 2.05 bits per heavy atom. The molecule has 0 spiro atoms. The van der Waals surface area contributed by atoms with Gasteiger partial charge < -0.3 is 14.9 Å². The van der Waals surface area contributed by atoms with Crippen LogP contribution in [-0.2, 0) is 6.42 Å². The van der Waals surface area contributed by atoms with E-state index >= 15 is 0 Å². The minimum absolute atomic E-state index is 0.382. The summed E-state index contributed by atoms with van der Waals surface area (Å²) in [6, 6.07) is 5.83. The second-order valence-corrected chi connectivity index (χ2v) is 6.57. The Balaban J connectivity index is 1.93. The second kappa shape index (κ2) is 7.10. The van der Waals surface area contributed by atoms with Crippen molar-refractivity contribution in [3.8, 4) is 0 Å².